The van der Waals surface area contributed by atoms with Crippen molar-refractivity contribution in [2.75, 3.05) is 4.90 Å². The largest absolute Gasteiger partial charge is 0.456 e. The van der Waals surface area contributed by atoms with Gasteiger partial charge in [0.25, 0.3) is 0 Å². The molecule has 4 heteroatoms. The van der Waals surface area contributed by atoms with Crippen LogP contribution in [0.25, 0.3) is 104 Å². The lowest BCUT2D eigenvalue weighted by molar-refractivity contribution is 0.668. The lowest BCUT2D eigenvalue weighted by Gasteiger charge is -2.26. The summed E-state index contributed by atoms with van der Waals surface area (Å²) in [5.41, 5.74) is 14.6. The number of fused-ring (bicyclic) bond motifs is 10. The summed E-state index contributed by atoms with van der Waals surface area (Å²) in [4.78, 5) is 2.35. The molecule has 4 nitrogen and oxygen atoms in total. The molecule has 13 rings (SSSR count). The summed E-state index contributed by atoms with van der Waals surface area (Å²) < 4.78 is 15.6. The highest BCUT2D eigenvalue weighted by Gasteiger charge is 2.24. The van der Waals surface area contributed by atoms with Crippen LogP contribution in [-0.2, 0) is 0 Å². The zero-order valence-electron chi connectivity index (χ0n) is 33.5. The Labute approximate surface area is 356 Å². The molecule has 0 amide bonds. The quantitative estimate of drug-likeness (QED) is 0.168. The van der Waals surface area contributed by atoms with Gasteiger partial charge in [-0.1, -0.05) is 133 Å². The lowest BCUT2D eigenvalue weighted by atomic mass is 9.93. The fraction of sp³-hybridized carbons (Fsp3) is 0. The zero-order chi connectivity index (χ0) is 40.7. The summed E-state index contributed by atoms with van der Waals surface area (Å²) >= 11 is 0. The van der Waals surface area contributed by atoms with E-state index in [1.807, 2.05) is 18.2 Å². The number of aromatic nitrogens is 1. The number of nitrogens with zero attached hydrogens (tertiary/aromatic N) is 2. The Morgan fingerprint density at radius 1 is 0.323 bits per heavy atom. The molecule has 0 unspecified atom stereocenters. The topological polar surface area (TPSA) is 34.5 Å². The van der Waals surface area contributed by atoms with Crippen molar-refractivity contribution >= 4 is 93.5 Å². The summed E-state index contributed by atoms with van der Waals surface area (Å²) in [5, 5.41) is 9.19. The monoisotopic (exact) mass is 792 g/mol. The molecule has 0 aliphatic rings. The van der Waals surface area contributed by atoms with Gasteiger partial charge in [-0.2, -0.15) is 0 Å². The molecule has 0 N–H and O–H groups in total. The molecule has 10 aromatic carbocycles. The second-order valence-electron chi connectivity index (χ2n) is 16.1. The maximum Gasteiger partial charge on any atom is 0.138 e. The normalized spacial score (nSPS) is 11.9. The van der Waals surface area contributed by atoms with Gasteiger partial charge in [0, 0.05) is 66.7 Å². The maximum atomic E-state index is 6.72. The molecule has 0 saturated carbocycles. The van der Waals surface area contributed by atoms with Crippen molar-refractivity contribution in [3.8, 4) is 27.9 Å². The van der Waals surface area contributed by atoms with E-state index in [-0.39, 0.29) is 0 Å². The molecule has 0 fully saturated rings. The summed E-state index contributed by atoms with van der Waals surface area (Å²) in [6, 6.07) is 78.0. The smallest absolute Gasteiger partial charge is 0.138 e. The van der Waals surface area contributed by atoms with Crippen molar-refractivity contribution in [3.63, 3.8) is 0 Å². The van der Waals surface area contributed by atoms with Crippen LogP contribution in [0.1, 0.15) is 0 Å². The van der Waals surface area contributed by atoms with Crippen LogP contribution in [0.2, 0.25) is 0 Å². The van der Waals surface area contributed by atoms with Crippen molar-refractivity contribution < 1.29 is 8.83 Å². The van der Waals surface area contributed by atoms with Gasteiger partial charge in [0.05, 0.1) is 11.0 Å². The van der Waals surface area contributed by atoms with Crippen LogP contribution in [0, 0.1) is 0 Å². The van der Waals surface area contributed by atoms with Crippen LogP contribution in [0.5, 0.6) is 0 Å². The SMILES string of the molecule is c1ccc(-c2ccc(N(c3ccc(-n4c5ccccc5c5c(-c6ccc7c(c6)oc6ccccc67)c6c(cc54)oc4ccccc46)cc3)c3ccc4ccccc4c3)cc2)cc1. The molecule has 0 atom stereocenters. The summed E-state index contributed by atoms with van der Waals surface area (Å²) in [7, 11) is 0. The third-order valence-electron chi connectivity index (χ3n) is 12.6. The van der Waals surface area contributed by atoms with Crippen LogP contribution in [-0.4, -0.2) is 4.57 Å². The Balaban J connectivity index is 1.01. The van der Waals surface area contributed by atoms with Gasteiger partial charge in [0.2, 0.25) is 0 Å². The van der Waals surface area contributed by atoms with Crippen molar-refractivity contribution in [2.24, 2.45) is 0 Å². The number of benzene rings is 10. The van der Waals surface area contributed by atoms with Gasteiger partial charge < -0.3 is 18.3 Å². The molecule has 0 spiro atoms. The fourth-order valence-electron chi connectivity index (χ4n) is 9.73. The number of rotatable bonds is 6. The van der Waals surface area contributed by atoms with Crippen molar-refractivity contribution in [1.29, 1.82) is 0 Å². The second-order valence-corrected chi connectivity index (χ2v) is 16.1. The second kappa shape index (κ2) is 13.6. The Hall–Kier alpha value is -8.34. The predicted molar refractivity (Wildman–Crippen MR) is 258 cm³/mol. The number of hydrogen-bond donors (Lipinski definition) is 0. The first kappa shape index (κ1) is 34.5. The standard InChI is InChI=1S/C58H36N2O2/c1-2-12-37(13-3-1)39-22-26-42(27-23-39)59(45-28-24-38-14-4-5-15-40(38)34-45)43-29-31-44(32-30-43)60-50-19-9-6-17-48(50)57-51(60)36-55-58(49-18-8-11-21-53(49)62-55)56(57)41-25-33-47-46-16-7-10-20-52(46)61-54(47)35-41/h1-36H. The third kappa shape index (κ3) is 5.33. The van der Waals surface area contributed by atoms with Gasteiger partial charge >= 0.3 is 0 Å². The van der Waals surface area contributed by atoms with E-state index in [0.717, 1.165) is 88.8 Å². The molecule has 3 heterocycles. The first-order valence-electron chi connectivity index (χ1n) is 21.1. The summed E-state index contributed by atoms with van der Waals surface area (Å²) in [6.07, 6.45) is 0. The van der Waals surface area contributed by atoms with Gasteiger partial charge in [-0.15, -0.1) is 0 Å². The molecule has 3 aromatic heterocycles. The van der Waals surface area contributed by atoms with E-state index in [2.05, 4.69) is 210 Å². The van der Waals surface area contributed by atoms with Gasteiger partial charge in [-0.3, -0.25) is 0 Å². The fourth-order valence-corrected chi connectivity index (χ4v) is 9.73. The number of para-hydroxylation sites is 3. The highest BCUT2D eigenvalue weighted by atomic mass is 16.3. The molecule has 0 bridgehead atoms. The maximum absolute atomic E-state index is 6.72. The predicted octanol–water partition coefficient (Wildman–Crippen LogP) is 16.5. The molecule has 0 aliphatic heterocycles. The molecular formula is C58H36N2O2. The van der Waals surface area contributed by atoms with Crippen molar-refractivity contribution in [3.05, 3.63) is 218 Å². The summed E-state index contributed by atoms with van der Waals surface area (Å²) in [5.74, 6) is 0. The van der Waals surface area contributed by atoms with E-state index in [0.29, 0.717) is 0 Å². The Bertz CT molecular complexity index is 3850. The molecule has 0 saturated heterocycles. The Morgan fingerprint density at radius 2 is 0.903 bits per heavy atom. The van der Waals surface area contributed by atoms with Crippen LogP contribution in [0.4, 0.5) is 17.1 Å². The Morgan fingerprint density at radius 3 is 1.71 bits per heavy atom. The zero-order valence-corrected chi connectivity index (χ0v) is 33.5. The number of anilines is 3. The van der Waals surface area contributed by atoms with E-state index >= 15 is 0 Å². The molecule has 13 aromatic rings. The van der Waals surface area contributed by atoms with Crippen LogP contribution in [0.3, 0.4) is 0 Å². The van der Waals surface area contributed by atoms with E-state index in [9.17, 15) is 0 Å². The minimum atomic E-state index is 0.848. The number of hydrogen-bond acceptors (Lipinski definition) is 3. The number of furan rings is 2. The minimum absolute atomic E-state index is 0.848. The lowest BCUT2D eigenvalue weighted by Crippen LogP contribution is -2.10. The van der Waals surface area contributed by atoms with E-state index in [1.54, 1.807) is 0 Å². The minimum Gasteiger partial charge on any atom is -0.456 e. The average Bonchev–Trinajstić information content (AvgIpc) is 4.01. The van der Waals surface area contributed by atoms with Crippen LogP contribution < -0.4 is 4.90 Å². The first-order chi connectivity index (χ1) is 30.7. The third-order valence-corrected chi connectivity index (χ3v) is 12.6. The molecule has 290 valence electrons. The molecule has 62 heavy (non-hydrogen) atoms. The van der Waals surface area contributed by atoms with Crippen molar-refractivity contribution in [2.45, 2.75) is 0 Å². The molecule has 0 aliphatic carbocycles. The van der Waals surface area contributed by atoms with Gasteiger partial charge in [-0.25, -0.2) is 0 Å². The highest BCUT2D eigenvalue weighted by molar-refractivity contribution is 6.27. The van der Waals surface area contributed by atoms with E-state index in [4.69, 9.17) is 8.83 Å². The summed E-state index contributed by atoms with van der Waals surface area (Å²) in [6.45, 7) is 0. The molecular weight excluding hydrogens is 757 g/mol. The van der Waals surface area contributed by atoms with Crippen LogP contribution in [0.15, 0.2) is 227 Å². The Kier molecular flexibility index (Phi) is 7.57. The highest BCUT2D eigenvalue weighted by Crippen LogP contribution is 2.47. The van der Waals surface area contributed by atoms with Crippen LogP contribution >= 0.6 is 0 Å². The average molecular weight is 793 g/mol. The van der Waals surface area contributed by atoms with Gasteiger partial charge in [0.15, 0.2) is 0 Å². The van der Waals surface area contributed by atoms with E-state index < -0.39 is 0 Å². The van der Waals surface area contributed by atoms with Crippen molar-refractivity contribution in [1.82, 2.24) is 4.57 Å². The first-order valence-corrected chi connectivity index (χ1v) is 21.1. The van der Waals surface area contributed by atoms with Gasteiger partial charge in [0.1, 0.15) is 22.3 Å². The molecule has 0 radical (unpaired) electrons. The van der Waals surface area contributed by atoms with E-state index in [1.165, 1.54) is 32.7 Å². The van der Waals surface area contributed by atoms with Gasteiger partial charge in [-0.05, 0) is 106 Å².